The third-order valence-electron chi connectivity index (χ3n) is 2.02. The molecule has 0 saturated carbocycles. The van der Waals surface area contributed by atoms with E-state index in [1.807, 2.05) is 0 Å². The van der Waals surface area contributed by atoms with Crippen molar-refractivity contribution < 1.29 is 24.9 Å². The zero-order valence-electron chi connectivity index (χ0n) is 8.75. The lowest BCUT2D eigenvalue weighted by atomic mass is 10.2. The number of nitrogens with one attached hydrogen (secondary N) is 1. The van der Waals surface area contributed by atoms with Crippen LogP contribution in [-0.4, -0.2) is 39.8 Å². The number of hydrogen-bond donors (Lipinski definition) is 5. The van der Waals surface area contributed by atoms with Crippen LogP contribution in [0.4, 0.5) is 0 Å². The van der Waals surface area contributed by atoms with Gasteiger partial charge in [0.05, 0.1) is 6.54 Å². The highest BCUT2D eigenvalue weighted by atomic mass is 16.3. The number of aliphatic hydroxyl groups is 1. The van der Waals surface area contributed by atoms with Crippen molar-refractivity contribution in [3.05, 3.63) is 23.8 Å². The fourth-order valence-corrected chi connectivity index (χ4v) is 1.06. The topological polar surface area (TPSA) is 133 Å². The number of aromatic hydroxyl groups is 2. The van der Waals surface area contributed by atoms with Gasteiger partial charge in [0.1, 0.15) is 6.10 Å². The van der Waals surface area contributed by atoms with E-state index in [9.17, 15) is 9.59 Å². The molecule has 7 nitrogen and oxygen atoms in total. The highest BCUT2D eigenvalue weighted by Crippen LogP contribution is 2.24. The van der Waals surface area contributed by atoms with Crippen molar-refractivity contribution in [3.8, 4) is 11.5 Å². The molecule has 2 amide bonds. The van der Waals surface area contributed by atoms with E-state index in [4.69, 9.17) is 21.1 Å². The molecule has 7 heteroatoms. The van der Waals surface area contributed by atoms with Crippen LogP contribution in [0.25, 0.3) is 0 Å². The van der Waals surface area contributed by atoms with E-state index < -0.39 is 23.7 Å². The molecule has 17 heavy (non-hydrogen) atoms. The van der Waals surface area contributed by atoms with Crippen molar-refractivity contribution in [1.82, 2.24) is 5.32 Å². The van der Waals surface area contributed by atoms with Crippen LogP contribution in [0, 0.1) is 0 Å². The van der Waals surface area contributed by atoms with Crippen LogP contribution in [0.15, 0.2) is 18.2 Å². The molecule has 6 N–H and O–H groups in total. The Hall–Kier alpha value is -2.28. The van der Waals surface area contributed by atoms with Gasteiger partial charge in [-0.05, 0) is 18.2 Å². The number of rotatable bonds is 4. The predicted octanol–water partition coefficient (Wildman–Crippen LogP) is -1.33. The monoisotopic (exact) mass is 240 g/mol. The normalized spacial score (nSPS) is 11.8. The van der Waals surface area contributed by atoms with Gasteiger partial charge in [-0.3, -0.25) is 9.59 Å². The molecule has 1 aromatic carbocycles. The molecule has 1 aromatic rings. The third-order valence-corrected chi connectivity index (χ3v) is 2.02. The number of primary amides is 1. The zero-order valence-corrected chi connectivity index (χ0v) is 8.75. The first kappa shape index (κ1) is 12.8. The maximum absolute atomic E-state index is 11.5. The lowest BCUT2D eigenvalue weighted by molar-refractivity contribution is -0.125. The first-order valence-electron chi connectivity index (χ1n) is 4.69. The Labute approximate surface area is 96.5 Å². The second-order valence-electron chi connectivity index (χ2n) is 3.33. The molecule has 0 spiro atoms. The minimum atomic E-state index is -1.47. The average molecular weight is 240 g/mol. The number of nitrogens with two attached hydrogens (primary N) is 1. The van der Waals surface area contributed by atoms with Crippen molar-refractivity contribution in [2.24, 2.45) is 5.73 Å². The second kappa shape index (κ2) is 5.17. The summed E-state index contributed by atoms with van der Waals surface area (Å²) in [5.74, 6) is -2.34. The highest BCUT2D eigenvalue weighted by Gasteiger charge is 2.14. The Morgan fingerprint density at radius 1 is 1.29 bits per heavy atom. The molecule has 0 heterocycles. The highest BCUT2D eigenvalue weighted by molar-refractivity contribution is 5.95. The van der Waals surface area contributed by atoms with Crippen molar-refractivity contribution in [2.75, 3.05) is 6.54 Å². The molecular weight excluding hydrogens is 228 g/mol. The van der Waals surface area contributed by atoms with Crippen molar-refractivity contribution in [2.45, 2.75) is 6.10 Å². The predicted molar refractivity (Wildman–Crippen MR) is 57.3 cm³/mol. The van der Waals surface area contributed by atoms with Crippen LogP contribution in [0.5, 0.6) is 11.5 Å². The Balaban J connectivity index is 2.64. The van der Waals surface area contributed by atoms with Crippen molar-refractivity contribution in [1.29, 1.82) is 0 Å². The van der Waals surface area contributed by atoms with Crippen LogP contribution < -0.4 is 11.1 Å². The Bertz CT molecular complexity index is 446. The van der Waals surface area contributed by atoms with Crippen molar-refractivity contribution >= 4 is 11.8 Å². The summed E-state index contributed by atoms with van der Waals surface area (Å²) in [6, 6.07) is 3.48. The van der Waals surface area contributed by atoms with E-state index in [2.05, 4.69) is 5.32 Å². The van der Waals surface area contributed by atoms with Gasteiger partial charge in [0, 0.05) is 5.56 Å². The molecule has 0 fully saturated rings. The van der Waals surface area contributed by atoms with Gasteiger partial charge in [-0.15, -0.1) is 0 Å². The first-order chi connectivity index (χ1) is 7.91. The van der Waals surface area contributed by atoms with Gasteiger partial charge in [-0.25, -0.2) is 0 Å². The fraction of sp³-hybridized carbons (Fsp3) is 0.200. The van der Waals surface area contributed by atoms with E-state index in [1.54, 1.807) is 0 Å². The van der Waals surface area contributed by atoms with Gasteiger partial charge in [0.15, 0.2) is 11.5 Å². The third kappa shape index (κ3) is 3.35. The molecule has 0 saturated heterocycles. The van der Waals surface area contributed by atoms with Gasteiger partial charge in [-0.1, -0.05) is 0 Å². The smallest absolute Gasteiger partial charge is 0.251 e. The SMILES string of the molecule is NC(=O)C(O)CNC(=O)c1ccc(O)c(O)c1. The van der Waals surface area contributed by atoms with Crippen molar-refractivity contribution in [3.63, 3.8) is 0 Å². The van der Waals surface area contributed by atoms with Gasteiger partial charge >= 0.3 is 0 Å². The average Bonchev–Trinajstić information content (AvgIpc) is 2.28. The van der Waals surface area contributed by atoms with Gasteiger partial charge in [0.2, 0.25) is 5.91 Å². The van der Waals surface area contributed by atoms with Crippen LogP contribution in [0.1, 0.15) is 10.4 Å². The molecule has 0 aliphatic rings. The zero-order chi connectivity index (χ0) is 13.0. The molecule has 0 aromatic heterocycles. The summed E-state index contributed by atoms with van der Waals surface area (Å²) in [6.07, 6.45) is -1.47. The molecule has 92 valence electrons. The van der Waals surface area contributed by atoms with E-state index in [0.29, 0.717) is 0 Å². The summed E-state index contributed by atoms with van der Waals surface area (Å²) in [5, 5.41) is 29.5. The summed E-state index contributed by atoms with van der Waals surface area (Å²) in [7, 11) is 0. The Kier molecular flexibility index (Phi) is 3.89. The van der Waals surface area contributed by atoms with Gasteiger partial charge in [-0.2, -0.15) is 0 Å². The van der Waals surface area contributed by atoms with E-state index in [-0.39, 0.29) is 17.9 Å². The number of amides is 2. The molecule has 0 radical (unpaired) electrons. The number of carbonyl (C=O) groups is 2. The minimum Gasteiger partial charge on any atom is -0.504 e. The Morgan fingerprint density at radius 3 is 2.47 bits per heavy atom. The van der Waals surface area contributed by atoms with Crippen LogP contribution in [0.2, 0.25) is 0 Å². The summed E-state index contributed by atoms with van der Waals surface area (Å²) in [6.45, 7) is -0.324. The second-order valence-corrected chi connectivity index (χ2v) is 3.33. The Morgan fingerprint density at radius 2 is 1.94 bits per heavy atom. The number of carbonyl (C=O) groups excluding carboxylic acids is 2. The fourth-order valence-electron chi connectivity index (χ4n) is 1.06. The standard InChI is InChI=1S/C10H12N2O5/c11-9(16)8(15)4-12-10(17)5-1-2-6(13)7(14)3-5/h1-3,8,13-15H,4H2,(H2,11,16)(H,12,17). The summed E-state index contributed by atoms with van der Waals surface area (Å²) < 4.78 is 0. The number of benzene rings is 1. The summed E-state index contributed by atoms with van der Waals surface area (Å²) >= 11 is 0. The van der Waals surface area contributed by atoms with E-state index in [1.165, 1.54) is 6.07 Å². The quantitative estimate of drug-likeness (QED) is 0.416. The summed E-state index contributed by atoms with van der Waals surface area (Å²) in [4.78, 5) is 22.0. The molecule has 1 rings (SSSR count). The van der Waals surface area contributed by atoms with Crippen LogP contribution in [0.3, 0.4) is 0 Å². The van der Waals surface area contributed by atoms with Crippen LogP contribution in [-0.2, 0) is 4.79 Å². The maximum atomic E-state index is 11.5. The molecule has 0 aliphatic heterocycles. The lowest BCUT2D eigenvalue weighted by Crippen LogP contribution is -2.39. The molecule has 1 atom stereocenters. The first-order valence-corrected chi connectivity index (χ1v) is 4.69. The molecule has 0 aliphatic carbocycles. The number of phenols is 2. The number of aliphatic hydroxyl groups excluding tert-OH is 1. The van der Waals surface area contributed by atoms with Gasteiger partial charge in [0.25, 0.3) is 5.91 Å². The maximum Gasteiger partial charge on any atom is 0.251 e. The summed E-state index contributed by atoms with van der Waals surface area (Å²) in [5.41, 5.74) is 4.87. The molecule has 1 unspecified atom stereocenters. The molecule has 0 bridgehead atoms. The number of hydrogen-bond acceptors (Lipinski definition) is 5. The van der Waals surface area contributed by atoms with E-state index in [0.717, 1.165) is 12.1 Å². The van der Waals surface area contributed by atoms with E-state index >= 15 is 0 Å². The van der Waals surface area contributed by atoms with Crippen LogP contribution >= 0.6 is 0 Å². The van der Waals surface area contributed by atoms with Gasteiger partial charge < -0.3 is 26.4 Å². The molecular formula is C10H12N2O5. The largest absolute Gasteiger partial charge is 0.504 e. The lowest BCUT2D eigenvalue weighted by Gasteiger charge is -2.08. The minimum absolute atomic E-state index is 0.0805. The number of phenolic OH excluding ortho intramolecular Hbond substituents is 2.